The number of anilines is 1. The maximum absolute atomic E-state index is 8.95. The van der Waals surface area contributed by atoms with Gasteiger partial charge in [-0.05, 0) is 18.2 Å². The van der Waals surface area contributed by atoms with Gasteiger partial charge in [0.15, 0.2) is 0 Å². The molecule has 0 atom stereocenters. The van der Waals surface area contributed by atoms with Gasteiger partial charge in [-0.25, -0.2) is 4.98 Å². The average molecular weight is 280 g/mol. The van der Waals surface area contributed by atoms with E-state index in [2.05, 4.69) is 4.98 Å². The highest BCUT2D eigenvalue weighted by Crippen LogP contribution is 2.30. The zero-order valence-corrected chi connectivity index (χ0v) is 10.5. The van der Waals surface area contributed by atoms with Gasteiger partial charge in [-0.1, -0.05) is 23.2 Å². The number of rotatable bonds is 2. The number of hydrogen-bond acceptors (Lipinski definition) is 4. The molecule has 90 valence electrons. The summed E-state index contributed by atoms with van der Waals surface area (Å²) in [5.41, 5.74) is 6.18. The van der Waals surface area contributed by atoms with Gasteiger partial charge in [0.2, 0.25) is 5.88 Å². The summed E-state index contributed by atoms with van der Waals surface area (Å²) in [6.45, 7) is 0. The molecule has 1 heterocycles. The van der Waals surface area contributed by atoms with E-state index >= 15 is 0 Å². The lowest BCUT2D eigenvalue weighted by atomic mass is 10.3. The molecule has 0 unspecified atom stereocenters. The minimum Gasteiger partial charge on any atom is -0.438 e. The second-order valence-electron chi connectivity index (χ2n) is 3.41. The number of nitrogens with zero attached hydrogens (tertiary/aromatic N) is 2. The molecule has 0 aliphatic rings. The van der Waals surface area contributed by atoms with Crippen molar-refractivity contribution < 1.29 is 4.74 Å². The molecule has 6 heteroatoms. The molecule has 1 aromatic carbocycles. The molecule has 0 amide bonds. The molecule has 0 fully saturated rings. The Hall–Kier alpha value is -1.96. The third-order valence-corrected chi connectivity index (χ3v) is 2.84. The van der Waals surface area contributed by atoms with E-state index in [0.717, 1.165) is 0 Å². The molecule has 0 saturated heterocycles. The van der Waals surface area contributed by atoms with Crippen molar-refractivity contribution in [2.45, 2.75) is 0 Å². The predicted octanol–water partition coefficient (Wildman–Crippen LogP) is 3.63. The van der Waals surface area contributed by atoms with E-state index in [1.54, 1.807) is 18.2 Å². The molecule has 4 nitrogen and oxygen atoms in total. The van der Waals surface area contributed by atoms with Gasteiger partial charge in [-0.2, -0.15) is 5.26 Å². The molecule has 0 radical (unpaired) electrons. The number of ether oxygens (including phenoxy) is 1. The molecule has 1 aromatic heterocycles. The van der Waals surface area contributed by atoms with Gasteiger partial charge < -0.3 is 10.5 Å². The van der Waals surface area contributed by atoms with Crippen molar-refractivity contribution in [2.75, 3.05) is 5.73 Å². The van der Waals surface area contributed by atoms with Crippen LogP contribution in [-0.4, -0.2) is 4.98 Å². The van der Waals surface area contributed by atoms with Gasteiger partial charge in [0.05, 0.1) is 21.9 Å². The maximum Gasteiger partial charge on any atom is 0.237 e. The average Bonchev–Trinajstić information content (AvgIpc) is 2.36. The second-order valence-corrected chi connectivity index (χ2v) is 4.23. The highest BCUT2D eigenvalue weighted by atomic mass is 35.5. The van der Waals surface area contributed by atoms with Crippen LogP contribution in [0.5, 0.6) is 11.6 Å². The van der Waals surface area contributed by atoms with E-state index in [9.17, 15) is 0 Å². The molecule has 0 aliphatic heterocycles. The topological polar surface area (TPSA) is 71.9 Å². The minimum atomic E-state index is 0.171. The number of nitriles is 1. The van der Waals surface area contributed by atoms with Crippen LogP contribution in [0.15, 0.2) is 30.5 Å². The first kappa shape index (κ1) is 12.5. The van der Waals surface area contributed by atoms with E-state index in [0.29, 0.717) is 21.5 Å². The summed E-state index contributed by atoms with van der Waals surface area (Å²) in [6.07, 6.45) is 1.41. The number of halogens is 2. The van der Waals surface area contributed by atoms with E-state index in [-0.39, 0.29) is 11.4 Å². The van der Waals surface area contributed by atoms with Gasteiger partial charge in [-0.15, -0.1) is 0 Å². The number of pyridine rings is 1. The second kappa shape index (κ2) is 5.13. The van der Waals surface area contributed by atoms with Crippen molar-refractivity contribution in [3.8, 4) is 17.7 Å². The minimum absolute atomic E-state index is 0.171. The summed E-state index contributed by atoms with van der Waals surface area (Å²) in [7, 11) is 0. The SMILES string of the molecule is N#Cc1cc(N)cnc1Oc1ccc(Cl)c(Cl)c1. The van der Waals surface area contributed by atoms with Crippen LogP contribution >= 0.6 is 23.2 Å². The number of aromatic nitrogens is 1. The summed E-state index contributed by atoms with van der Waals surface area (Å²) in [6, 6.07) is 8.22. The van der Waals surface area contributed by atoms with Crippen molar-refractivity contribution in [1.29, 1.82) is 5.26 Å². The highest BCUT2D eigenvalue weighted by molar-refractivity contribution is 6.42. The Kier molecular flexibility index (Phi) is 3.56. The third-order valence-electron chi connectivity index (χ3n) is 2.10. The quantitative estimate of drug-likeness (QED) is 0.911. The van der Waals surface area contributed by atoms with Crippen molar-refractivity contribution in [3.05, 3.63) is 46.1 Å². The molecule has 2 N–H and O–H groups in total. The Balaban J connectivity index is 2.34. The standard InChI is InChI=1S/C12H7Cl2N3O/c13-10-2-1-9(4-11(10)14)18-12-7(5-15)3-8(16)6-17-12/h1-4,6H,16H2. The lowest BCUT2D eigenvalue weighted by molar-refractivity contribution is 0.461. The Labute approximate surface area is 114 Å². The van der Waals surface area contributed by atoms with Crippen LogP contribution in [0.3, 0.4) is 0 Å². The Morgan fingerprint density at radius 2 is 2.00 bits per heavy atom. The van der Waals surface area contributed by atoms with Gasteiger partial charge >= 0.3 is 0 Å². The number of nitrogens with two attached hydrogens (primary N) is 1. The van der Waals surface area contributed by atoms with Crippen LogP contribution in [0.25, 0.3) is 0 Å². The van der Waals surface area contributed by atoms with Crippen molar-refractivity contribution in [2.24, 2.45) is 0 Å². The lowest BCUT2D eigenvalue weighted by Crippen LogP contribution is -1.94. The van der Waals surface area contributed by atoms with Crippen LogP contribution in [0.4, 0.5) is 5.69 Å². The van der Waals surface area contributed by atoms with E-state index in [1.807, 2.05) is 6.07 Å². The van der Waals surface area contributed by atoms with Crippen LogP contribution in [0, 0.1) is 11.3 Å². The molecule has 2 aromatic rings. The number of nitrogen functional groups attached to an aromatic ring is 1. The van der Waals surface area contributed by atoms with Gasteiger partial charge in [0.25, 0.3) is 0 Å². The summed E-state index contributed by atoms with van der Waals surface area (Å²) in [5.74, 6) is 0.614. The predicted molar refractivity (Wildman–Crippen MR) is 69.9 cm³/mol. The van der Waals surface area contributed by atoms with Crippen LogP contribution in [-0.2, 0) is 0 Å². The fraction of sp³-hybridized carbons (Fsp3) is 0. The normalized spacial score (nSPS) is 9.83. The first-order chi connectivity index (χ1) is 8.60. The molecular weight excluding hydrogens is 273 g/mol. The van der Waals surface area contributed by atoms with Gasteiger partial charge in [0.1, 0.15) is 17.4 Å². The maximum atomic E-state index is 8.95. The van der Waals surface area contributed by atoms with E-state index < -0.39 is 0 Å². The van der Waals surface area contributed by atoms with Crippen LogP contribution < -0.4 is 10.5 Å². The molecule has 0 saturated carbocycles. The van der Waals surface area contributed by atoms with Crippen LogP contribution in [0.2, 0.25) is 10.0 Å². The summed E-state index contributed by atoms with van der Waals surface area (Å²) >= 11 is 11.7. The van der Waals surface area contributed by atoms with E-state index in [1.165, 1.54) is 12.3 Å². The first-order valence-corrected chi connectivity index (χ1v) is 5.64. The summed E-state index contributed by atoms with van der Waals surface area (Å²) < 4.78 is 5.46. The molecule has 0 spiro atoms. The third kappa shape index (κ3) is 2.65. The van der Waals surface area contributed by atoms with Crippen LogP contribution in [0.1, 0.15) is 5.56 Å². The lowest BCUT2D eigenvalue weighted by Gasteiger charge is -2.07. The van der Waals surface area contributed by atoms with Crippen molar-refractivity contribution in [1.82, 2.24) is 4.98 Å². The fourth-order valence-corrected chi connectivity index (χ4v) is 1.57. The number of hydrogen-bond donors (Lipinski definition) is 1. The summed E-state index contributed by atoms with van der Waals surface area (Å²) in [4.78, 5) is 3.95. The molecule has 0 aliphatic carbocycles. The zero-order valence-electron chi connectivity index (χ0n) is 9.02. The van der Waals surface area contributed by atoms with Crippen molar-refractivity contribution >= 4 is 28.9 Å². The smallest absolute Gasteiger partial charge is 0.237 e. The van der Waals surface area contributed by atoms with Gasteiger partial charge in [-0.3, -0.25) is 0 Å². The zero-order chi connectivity index (χ0) is 13.1. The molecule has 2 rings (SSSR count). The fourth-order valence-electron chi connectivity index (χ4n) is 1.28. The monoisotopic (exact) mass is 279 g/mol. The molecular formula is C12H7Cl2N3O. The molecule has 0 bridgehead atoms. The molecule has 18 heavy (non-hydrogen) atoms. The van der Waals surface area contributed by atoms with Gasteiger partial charge in [0, 0.05) is 6.07 Å². The Bertz CT molecular complexity index is 638. The highest BCUT2D eigenvalue weighted by Gasteiger charge is 2.08. The Morgan fingerprint density at radius 1 is 1.22 bits per heavy atom. The number of benzene rings is 1. The largest absolute Gasteiger partial charge is 0.438 e. The van der Waals surface area contributed by atoms with E-state index in [4.69, 9.17) is 38.9 Å². The van der Waals surface area contributed by atoms with Crippen molar-refractivity contribution in [3.63, 3.8) is 0 Å². The Morgan fingerprint density at radius 3 is 2.67 bits per heavy atom. The first-order valence-electron chi connectivity index (χ1n) is 4.88. The summed E-state index contributed by atoms with van der Waals surface area (Å²) in [5, 5.41) is 9.74.